The summed E-state index contributed by atoms with van der Waals surface area (Å²) in [4.78, 5) is 0. The van der Waals surface area contributed by atoms with Gasteiger partial charge in [-0.1, -0.05) is 30.3 Å². The smallest absolute Gasteiger partial charge is 0.140 e. The summed E-state index contributed by atoms with van der Waals surface area (Å²) in [6.45, 7) is 5.76. The second-order valence-corrected chi connectivity index (χ2v) is 6.62. The van der Waals surface area contributed by atoms with Crippen LogP contribution in [0, 0.1) is 0 Å². The van der Waals surface area contributed by atoms with Gasteiger partial charge in [0.05, 0.1) is 6.54 Å². The minimum absolute atomic E-state index is 0.448. The Kier molecular flexibility index (Phi) is 4.12. The molecule has 0 fully saturated rings. The van der Waals surface area contributed by atoms with Crippen molar-refractivity contribution in [3.63, 3.8) is 0 Å². The van der Waals surface area contributed by atoms with Gasteiger partial charge in [-0.3, -0.25) is 0 Å². The minimum Gasteiger partial charge on any atom is -0.361 e. The summed E-state index contributed by atoms with van der Waals surface area (Å²) >= 11 is 1.68. The number of fused-ring (bicyclic) bond motifs is 1. The molecular weight excluding hydrogens is 272 g/mol. The van der Waals surface area contributed by atoms with Gasteiger partial charge in [-0.05, 0) is 19.3 Å². The Bertz CT molecular complexity index is 575. The lowest BCUT2D eigenvalue weighted by atomic mass is 9.96. The van der Waals surface area contributed by atoms with Crippen molar-refractivity contribution in [3.05, 3.63) is 27.0 Å². The predicted octanol–water partition coefficient (Wildman–Crippen LogP) is 2.82. The number of nitrogens with one attached hydrogen (secondary N) is 1. The van der Waals surface area contributed by atoms with Gasteiger partial charge < -0.3 is 9.84 Å². The van der Waals surface area contributed by atoms with Crippen LogP contribution in [0.2, 0.25) is 0 Å². The summed E-state index contributed by atoms with van der Waals surface area (Å²) in [5.41, 5.74) is 2.39. The molecular formula is C14H20N4OS. The molecule has 0 spiro atoms. The molecule has 0 saturated carbocycles. The van der Waals surface area contributed by atoms with Crippen molar-refractivity contribution in [2.45, 2.75) is 58.5 Å². The Labute approximate surface area is 122 Å². The molecule has 1 N–H and O–H groups in total. The number of rotatable bonds is 5. The van der Waals surface area contributed by atoms with Crippen molar-refractivity contribution in [2.24, 2.45) is 0 Å². The van der Waals surface area contributed by atoms with Crippen molar-refractivity contribution in [3.8, 4) is 0 Å². The number of aryl methyl sites for hydroxylation is 1. The maximum atomic E-state index is 5.41. The molecule has 6 heteroatoms. The third-order valence-electron chi connectivity index (χ3n) is 3.58. The SMILES string of the molecule is CC(C)c1nnc(CNCc2noc3c2CCCC3)s1. The molecule has 2 aromatic heterocycles. The van der Waals surface area contributed by atoms with Crippen LogP contribution in [0.1, 0.15) is 59.6 Å². The molecule has 0 unspecified atom stereocenters. The van der Waals surface area contributed by atoms with Gasteiger partial charge in [-0.15, -0.1) is 10.2 Å². The zero-order valence-corrected chi connectivity index (χ0v) is 12.8. The maximum absolute atomic E-state index is 5.41. The highest BCUT2D eigenvalue weighted by molar-refractivity contribution is 7.11. The summed E-state index contributed by atoms with van der Waals surface area (Å²) in [5, 5.41) is 18.1. The lowest BCUT2D eigenvalue weighted by Gasteiger charge is -2.09. The molecule has 0 radical (unpaired) electrons. The van der Waals surface area contributed by atoms with Crippen LogP contribution < -0.4 is 5.32 Å². The first-order valence-corrected chi connectivity index (χ1v) is 8.05. The van der Waals surface area contributed by atoms with Crippen LogP contribution in [-0.2, 0) is 25.9 Å². The molecule has 0 atom stereocenters. The lowest BCUT2D eigenvalue weighted by molar-refractivity contribution is 0.366. The van der Waals surface area contributed by atoms with E-state index in [1.807, 2.05) is 0 Å². The van der Waals surface area contributed by atoms with Crippen molar-refractivity contribution >= 4 is 11.3 Å². The Morgan fingerprint density at radius 3 is 2.85 bits per heavy atom. The minimum atomic E-state index is 0.448. The molecule has 0 aliphatic heterocycles. The normalized spacial score (nSPS) is 14.8. The van der Waals surface area contributed by atoms with E-state index >= 15 is 0 Å². The van der Waals surface area contributed by atoms with Crippen LogP contribution in [-0.4, -0.2) is 15.4 Å². The molecule has 108 valence electrons. The third-order valence-corrected chi connectivity index (χ3v) is 4.80. The molecule has 0 saturated heterocycles. The Balaban J connectivity index is 1.55. The second kappa shape index (κ2) is 6.01. The highest BCUT2D eigenvalue weighted by atomic mass is 32.1. The first-order valence-electron chi connectivity index (χ1n) is 7.23. The summed E-state index contributed by atoms with van der Waals surface area (Å²) in [6.07, 6.45) is 4.61. The van der Waals surface area contributed by atoms with Crippen molar-refractivity contribution < 1.29 is 4.52 Å². The van der Waals surface area contributed by atoms with Crippen LogP contribution in [0.3, 0.4) is 0 Å². The Morgan fingerprint density at radius 1 is 1.20 bits per heavy atom. The molecule has 5 nitrogen and oxygen atoms in total. The zero-order chi connectivity index (χ0) is 13.9. The number of aromatic nitrogens is 3. The van der Waals surface area contributed by atoms with E-state index in [-0.39, 0.29) is 0 Å². The summed E-state index contributed by atoms with van der Waals surface area (Å²) in [7, 11) is 0. The maximum Gasteiger partial charge on any atom is 0.140 e. The van der Waals surface area contributed by atoms with E-state index in [9.17, 15) is 0 Å². The molecule has 2 aromatic rings. The van der Waals surface area contributed by atoms with E-state index in [0.29, 0.717) is 5.92 Å². The molecule has 3 rings (SSSR count). The van der Waals surface area contributed by atoms with Gasteiger partial charge in [0.1, 0.15) is 21.5 Å². The van der Waals surface area contributed by atoms with E-state index in [1.165, 1.54) is 18.4 Å². The van der Waals surface area contributed by atoms with E-state index in [0.717, 1.165) is 47.4 Å². The van der Waals surface area contributed by atoms with Gasteiger partial charge in [-0.2, -0.15) is 0 Å². The van der Waals surface area contributed by atoms with Crippen molar-refractivity contribution in [2.75, 3.05) is 0 Å². The highest BCUT2D eigenvalue weighted by Crippen LogP contribution is 2.24. The second-order valence-electron chi connectivity index (χ2n) is 5.53. The molecule has 1 aliphatic carbocycles. The topological polar surface area (TPSA) is 63.8 Å². The number of nitrogens with zero attached hydrogens (tertiary/aromatic N) is 3. The van der Waals surface area contributed by atoms with Crippen molar-refractivity contribution in [1.82, 2.24) is 20.7 Å². The van der Waals surface area contributed by atoms with Crippen LogP contribution in [0.5, 0.6) is 0 Å². The van der Waals surface area contributed by atoms with Gasteiger partial charge in [0, 0.05) is 24.4 Å². The van der Waals surface area contributed by atoms with Crippen LogP contribution in [0.4, 0.5) is 0 Å². The predicted molar refractivity (Wildman–Crippen MR) is 77.7 cm³/mol. The average Bonchev–Trinajstić information content (AvgIpc) is 3.06. The quantitative estimate of drug-likeness (QED) is 0.918. The first kappa shape index (κ1) is 13.7. The van der Waals surface area contributed by atoms with Crippen LogP contribution >= 0.6 is 11.3 Å². The molecule has 1 aliphatic rings. The molecule has 0 bridgehead atoms. The van der Waals surface area contributed by atoms with Crippen molar-refractivity contribution in [1.29, 1.82) is 0 Å². The fraction of sp³-hybridized carbons (Fsp3) is 0.643. The lowest BCUT2D eigenvalue weighted by Crippen LogP contribution is -2.14. The molecule has 0 aromatic carbocycles. The summed E-state index contributed by atoms with van der Waals surface area (Å²) in [6, 6.07) is 0. The van der Waals surface area contributed by atoms with Gasteiger partial charge in [-0.25, -0.2) is 0 Å². The van der Waals surface area contributed by atoms with Gasteiger partial charge >= 0.3 is 0 Å². The fourth-order valence-corrected chi connectivity index (χ4v) is 3.26. The van der Waals surface area contributed by atoms with Crippen LogP contribution in [0.25, 0.3) is 0 Å². The van der Waals surface area contributed by atoms with Gasteiger partial charge in [0.25, 0.3) is 0 Å². The Hall–Kier alpha value is -1.27. The van der Waals surface area contributed by atoms with Gasteiger partial charge in [0.2, 0.25) is 0 Å². The fourth-order valence-electron chi connectivity index (χ4n) is 2.45. The van der Waals surface area contributed by atoms with E-state index < -0.39 is 0 Å². The van der Waals surface area contributed by atoms with E-state index in [2.05, 4.69) is 34.5 Å². The highest BCUT2D eigenvalue weighted by Gasteiger charge is 2.18. The summed E-state index contributed by atoms with van der Waals surface area (Å²) in [5.74, 6) is 1.54. The first-order chi connectivity index (χ1) is 9.74. The number of hydrogen-bond donors (Lipinski definition) is 1. The van der Waals surface area contributed by atoms with Gasteiger partial charge in [0.15, 0.2) is 0 Å². The van der Waals surface area contributed by atoms with E-state index in [4.69, 9.17) is 4.52 Å². The van der Waals surface area contributed by atoms with E-state index in [1.54, 1.807) is 11.3 Å². The largest absolute Gasteiger partial charge is 0.361 e. The summed E-state index contributed by atoms with van der Waals surface area (Å²) < 4.78 is 5.41. The molecule has 2 heterocycles. The third kappa shape index (κ3) is 2.91. The Morgan fingerprint density at radius 2 is 2.05 bits per heavy atom. The molecule has 0 amide bonds. The average molecular weight is 292 g/mol. The monoisotopic (exact) mass is 292 g/mol. The number of hydrogen-bond acceptors (Lipinski definition) is 6. The van der Waals surface area contributed by atoms with Crippen LogP contribution in [0.15, 0.2) is 4.52 Å². The molecule has 20 heavy (non-hydrogen) atoms. The standard InChI is InChI=1S/C14H20N4OS/c1-9(2)14-17-16-13(20-14)8-15-7-11-10-5-3-4-6-12(10)19-18-11/h9,15H,3-8H2,1-2H3. The zero-order valence-electron chi connectivity index (χ0n) is 12.0.